The lowest BCUT2D eigenvalue weighted by Gasteiger charge is -2.24. The topological polar surface area (TPSA) is 49.3 Å². The molecule has 0 bridgehead atoms. The molecular weight excluding hydrogens is 456 g/mol. The fraction of sp³-hybridized carbons (Fsp3) is 0.500. The summed E-state index contributed by atoms with van der Waals surface area (Å²) in [6, 6.07) is -0.202. The normalized spacial score (nSPS) is 18.0. The van der Waals surface area contributed by atoms with Crippen LogP contribution >= 0.6 is 15.9 Å². The van der Waals surface area contributed by atoms with Gasteiger partial charge >= 0.3 is 12.4 Å². The van der Waals surface area contributed by atoms with Gasteiger partial charge in [0.05, 0.1) is 23.3 Å². The molecule has 0 fully saturated rings. The van der Waals surface area contributed by atoms with E-state index in [9.17, 15) is 36.2 Å². The van der Waals surface area contributed by atoms with Crippen LogP contribution in [0.5, 0.6) is 0 Å². The summed E-state index contributed by atoms with van der Waals surface area (Å²) >= 11 is 3.30. The average molecular weight is 474 g/mol. The quantitative estimate of drug-likeness (QED) is 0.568. The van der Waals surface area contributed by atoms with Gasteiger partial charge in [-0.25, -0.2) is 0 Å². The van der Waals surface area contributed by atoms with Crippen molar-refractivity contribution in [3.63, 3.8) is 0 Å². The summed E-state index contributed by atoms with van der Waals surface area (Å²) in [5.74, 6) is -0.513. The van der Waals surface area contributed by atoms with Crippen LogP contribution in [0.25, 0.3) is 0 Å². The van der Waals surface area contributed by atoms with E-state index in [2.05, 4.69) is 21.2 Å². The van der Waals surface area contributed by atoms with Crippen LogP contribution in [0.3, 0.4) is 0 Å². The molecule has 0 heterocycles. The van der Waals surface area contributed by atoms with Gasteiger partial charge in [-0.2, -0.15) is 26.3 Å². The van der Waals surface area contributed by atoms with E-state index in [4.69, 9.17) is 0 Å². The Kier molecular flexibility index (Phi) is 6.86. The number of aliphatic hydroxyl groups excluding tert-OH is 1. The van der Waals surface area contributed by atoms with Crippen LogP contribution in [-0.4, -0.2) is 17.1 Å². The van der Waals surface area contributed by atoms with Crippen LogP contribution in [-0.2, 0) is 17.1 Å². The number of aliphatic hydroxyl groups is 1. The highest BCUT2D eigenvalue weighted by atomic mass is 79.9. The maximum absolute atomic E-state index is 13.0. The van der Waals surface area contributed by atoms with Crippen molar-refractivity contribution in [1.29, 1.82) is 0 Å². The molecule has 0 aromatic heterocycles. The minimum Gasteiger partial charge on any atom is -0.386 e. The van der Waals surface area contributed by atoms with Crippen LogP contribution < -0.4 is 5.32 Å². The molecule has 0 spiro atoms. The molecule has 1 amide bonds. The second-order valence-electron chi connectivity index (χ2n) is 6.64. The molecule has 1 aromatic rings. The third-order valence-corrected chi connectivity index (χ3v) is 5.33. The Hall–Kier alpha value is -1.55. The van der Waals surface area contributed by atoms with E-state index in [1.54, 1.807) is 0 Å². The molecule has 1 aliphatic carbocycles. The maximum atomic E-state index is 13.0. The Balaban J connectivity index is 2.29. The molecule has 0 aliphatic heterocycles. The Labute approximate surface area is 165 Å². The molecule has 156 valence electrons. The zero-order valence-electron chi connectivity index (χ0n) is 14.7. The standard InChI is InChI=1S/C18H18BrF6NO2/c1-9(26-16(28)13-4-2-3-5-14(13)19)15(27)10-6-11(17(20,21)22)8-12(7-10)18(23,24)25/h6-9,15,27H,2-5H2,1H3,(H,26,28)/t9-,15-/m0/s1. The van der Waals surface area contributed by atoms with Gasteiger partial charge in [0.25, 0.3) is 0 Å². The Bertz CT molecular complexity index is 740. The van der Waals surface area contributed by atoms with Crippen molar-refractivity contribution >= 4 is 21.8 Å². The molecular formula is C18H18BrF6NO2. The molecule has 0 saturated heterocycles. The third kappa shape index (κ3) is 5.50. The summed E-state index contributed by atoms with van der Waals surface area (Å²) in [6.45, 7) is 1.31. The number of carbonyl (C=O) groups excluding carboxylic acids is 1. The molecule has 0 unspecified atom stereocenters. The molecule has 1 aromatic carbocycles. The molecule has 0 saturated carbocycles. The van der Waals surface area contributed by atoms with E-state index in [0.29, 0.717) is 35.0 Å². The van der Waals surface area contributed by atoms with Gasteiger partial charge in [-0.1, -0.05) is 15.9 Å². The predicted molar refractivity (Wildman–Crippen MR) is 93.4 cm³/mol. The van der Waals surface area contributed by atoms with Crippen LogP contribution in [0.2, 0.25) is 0 Å². The van der Waals surface area contributed by atoms with Crippen LogP contribution in [0.15, 0.2) is 28.3 Å². The Morgan fingerprint density at radius 2 is 1.54 bits per heavy atom. The van der Waals surface area contributed by atoms with Crippen molar-refractivity contribution in [2.45, 2.75) is 57.1 Å². The number of alkyl halides is 6. The van der Waals surface area contributed by atoms with Crippen LogP contribution in [0, 0.1) is 0 Å². The minimum absolute atomic E-state index is 0.0105. The van der Waals surface area contributed by atoms with Gasteiger partial charge in [-0.3, -0.25) is 4.79 Å². The molecule has 3 nitrogen and oxygen atoms in total. The van der Waals surface area contributed by atoms with Gasteiger partial charge < -0.3 is 10.4 Å². The highest BCUT2D eigenvalue weighted by Crippen LogP contribution is 2.38. The predicted octanol–water partition coefficient (Wildman–Crippen LogP) is 5.49. The number of nitrogens with one attached hydrogen (secondary N) is 1. The SMILES string of the molecule is C[C@H](NC(=O)C1=C(Br)CCCC1)[C@H](O)c1cc(C(F)(F)F)cc(C(F)(F)F)c1. The number of hydrogen-bond acceptors (Lipinski definition) is 2. The molecule has 10 heteroatoms. The smallest absolute Gasteiger partial charge is 0.386 e. The first-order valence-electron chi connectivity index (χ1n) is 8.46. The van der Waals surface area contributed by atoms with Gasteiger partial charge in [0.1, 0.15) is 0 Å². The molecule has 28 heavy (non-hydrogen) atoms. The minimum atomic E-state index is -5.01. The average Bonchev–Trinajstić information content (AvgIpc) is 2.59. The lowest BCUT2D eigenvalue weighted by molar-refractivity contribution is -0.143. The molecule has 1 aliphatic rings. The zero-order chi connectivity index (χ0) is 21.3. The first-order valence-corrected chi connectivity index (χ1v) is 9.26. The highest BCUT2D eigenvalue weighted by molar-refractivity contribution is 9.11. The van der Waals surface area contributed by atoms with Crippen molar-refractivity contribution in [1.82, 2.24) is 5.32 Å². The fourth-order valence-electron chi connectivity index (χ4n) is 2.92. The number of carbonyl (C=O) groups is 1. The zero-order valence-corrected chi connectivity index (χ0v) is 16.3. The van der Waals surface area contributed by atoms with Gasteiger partial charge in [0.15, 0.2) is 0 Å². The number of benzene rings is 1. The van der Waals surface area contributed by atoms with E-state index in [-0.39, 0.29) is 6.07 Å². The first-order chi connectivity index (χ1) is 12.8. The van der Waals surface area contributed by atoms with Crippen molar-refractivity contribution in [3.8, 4) is 0 Å². The summed E-state index contributed by atoms with van der Waals surface area (Å²) in [5, 5.41) is 12.8. The number of hydrogen-bond donors (Lipinski definition) is 2. The number of rotatable bonds is 4. The summed E-state index contributed by atoms with van der Waals surface area (Å²) in [5.41, 5.74) is -3.16. The van der Waals surface area contributed by atoms with Crippen molar-refractivity contribution in [3.05, 3.63) is 44.9 Å². The summed E-state index contributed by atoms with van der Waals surface area (Å²) in [6.07, 6.45) is -8.92. The van der Waals surface area contributed by atoms with Gasteiger partial charge in [0, 0.05) is 10.1 Å². The Morgan fingerprint density at radius 1 is 1.04 bits per heavy atom. The number of amides is 1. The van der Waals surface area contributed by atoms with Crippen molar-refractivity contribution in [2.24, 2.45) is 0 Å². The second kappa shape index (κ2) is 8.44. The molecule has 2 N–H and O–H groups in total. The van der Waals surface area contributed by atoms with Crippen LogP contribution in [0.1, 0.15) is 55.4 Å². The third-order valence-electron chi connectivity index (χ3n) is 4.46. The fourth-order valence-corrected chi connectivity index (χ4v) is 3.58. The lowest BCUT2D eigenvalue weighted by Crippen LogP contribution is -2.38. The molecule has 2 atom stereocenters. The monoisotopic (exact) mass is 473 g/mol. The van der Waals surface area contributed by atoms with Gasteiger partial charge in [-0.15, -0.1) is 0 Å². The van der Waals surface area contributed by atoms with Crippen LogP contribution in [0.4, 0.5) is 26.3 Å². The van der Waals surface area contributed by atoms with E-state index >= 15 is 0 Å². The molecule has 2 rings (SSSR count). The van der Waals surface area contributed by atoms with E-state index < -0.39 is 47.1 Å². The van der Waals surface area contributed by atoms with E-state index in [1.807, 2.05) is 0 Å². The lowest BCUT2D eigenvalue weighted by atomic mass is 9.96. The largest absolute Gasteiger partial charge is 0.416 e. The maximum Gasteiger partial charge on any atom is 0.416 e. The van der Waals surface area contributed by atoms with E-state index in [1.165, 1.54) is 6.92 Å². The highest BCUT2D eigenvalue weighted by Gasteiger charge is 2.38. The summed E-state index contributed by atoms with van der Waals surface area (Å²) in [4.78, 5) is 12.3. The van der Waals surface area contributed by atoms with Crippen molar-refractivity contribution < 1.29 is 36.2 Å². The number of allylic oxidation sites excluding steroid dienone is 1. The van der Waals surface area contributed by atoms with E-state index in [0.717, 1.165) is 12.8 Å². The Morgan fingerprint density at radius 3 is 2.00 bits per heavy atom. The van der Waals surface area contributed by atoms with Gasteiger partial charge in [0.2, 0.25) is 5.91 Å². The summed E-state index contributed by atoms with van der Waals surface area (Å²) in [7, 11) is 0. The van der Waals surface area contributed by atoms with Gasteiger partial charge in [-0.05, 0) is 56.4 Å². The summed E-state index contributed by atoms with van der Waals surface area (Å²) < 4.78 is 78.5. The first kappa shape index (κ1) is 22.7. The number of halogens is 7. The second-order valence-corrected chi connectivity index (χ2v) is 7.59. The molecule has 0 radical (unpaired) electrons. The van der Waals surface area contributed by atoms with Crippen molar-refractivity contribution in [2.75, 3.05) is 0 Å².